The number of anilines is 1. The summed E-state index contributed by atoms with van der Waals surface area (Å²) in [6.45, 7) is 0. The molecule has 3 aromatic rings. The molecule has 0 bridgehead atoms. The van der Waals surface area contributed by atoms with Gasteiger partial charge in [0.25, 0.3) is 0 Å². The number of hydrogen-bond donors (Lipinski definition) is 0. The van der Waals surface area contributed by atoms with Crippen LogP contribution < -0.4 is 9.64 Å². The number of hydrogen-bond acceptors (Lipinski definition) is 4. The smallest absolute Gasteiger partial charge is 0.192 e. The second kappa shape index (κ2) is 6.57. The summed E-state index contributed by atoms with van der Waals surface area (Å²) in [7, 11) is 3.71. The van der Waals surface area contributed by atoms with Gasteiger partial charge in [-0.25, -0.2) is 0 Å². The number of methoxy groups -OCH3 is 1. The summed E-state index contributed by atoms with van der Waals surface area (Å²) >= 11 is 1.68. The Bertz CT molecular complexity index is 1120. The molecule has 3 aromatic carbocycles. The molecule has 1 heterocycles. The first-order valence-electron chi connectivity index (χ1n) is 9.21. The van der Waals surface area contributed by atoms with E-state index in [0.717, 1.165) is 38.7 Å². The van der Waals surface area contributed by atoms with Crippen molar-refractivity contribution in [3.05, 3.63) is 100 Å². The minimum Gasteiger partial charge on any atom is -0.497 e. The van der Waals surface area contributed by atoms with Crippen LogP contribution >= 0.6 is 11.8 Å². The Labute approximate surface area is 168 Å². The maximum atomic E-state index is 13.5. The number of carbonyl (C=O) groups is 1. The van der Waals surface area contributed by atoms with E-state index in [-0.39, 0.29) is 11.7 Å². The summed E-state index contributed by atoms with van der Waals surface area (Å²) in [6.07, 6.45) is 0. The number of nitrogens with zero attached hydrogens (tertiary/aromatic N) is 1. The maximum absolute atomic E-state index is 13.5. The second-order valence-corrected chi connectivity index (χ2v) is 8.00. The van der Waals surface area contributed by atoms with E-state index in [9.17, 15) is 4.79 Å². The van der Waals surface area contributed by atoms with Crippen molar-refractivity contribution in [2.75, 3.05) is 19.1 Å². The van der Waals surface area contributed by atoms with Gasteiger partial charge in [-0.1, -0.05) is 60.3 Å². The second-order valence-electron chi connectivity index (χ2n) is 6.97. The third-order valence-electron chi connectivity index (χ3n) is 5.47. The number of fused-ring (bicyclic) bond motifs is 2. The lowest BCUT2D eigenvalue weighted by Crippen LogP contribution is -2.16. The molecule has 0 spiro atoms. The molecule has 0 saturated heterocycles. The van der Waals surface area contributed by atoms with Crippen molar-refractivity contribution < 1.29 is 9.53 Å². The molecule has 0 radical (unpaired) electrons. The van der Waals surface area contributed by atoms with E-state index < -0.39 is 0 Å². The van der Waals surface area contributed by atoms with E-state index in [1.165, 1.54) is 4.90 Å². The van der Waals surface area contributed by atoms with Crippen LogP contribution in [0.25, 0.3) is 0 Å². The van der Waals surface area contributed by atoms with Crippen LogP contribution in [-0.4, -0.2) is 19.9 Å². The van der Waals surface area contributed by atoms with Crippen molar-refractivity contribution in [2.24, 2.45) is 0 Å². The molecule has 0 fully saturated rings. The summed E-state index contributed by atoms with van der Waals surface area (Å²) in [5.41, 5.74) is 4.98. The van der Waals surface area contributed by atoms with E-state index in [2.05, 4.69) is 35.2 Å². The standard InChI is InChI=1S/C24H19NO2S/c1-25-19-9-5-6-10-20(19)28-24(25)22-21(15-11-13-16(27-2)14-12-15)17-7-3-4-8-18(17)23(22)26/h3-14,21H,1-2H3/b24-22-. The Morgan fingerprint density at radius 2 is 1.64 bits per heavy atom. The monoisotopic (exact) mass is 385 g/mol. The molecular formula is C24H19NO2S. The van der Waals surface area contributed by atoms with Crippen molar-refractivity contribution >= 4 is 23.2 Å². The quantitative estimate of drug-likeness (QED) is 0.547. The van der Waals surface area contributed by atoms with E-state index in [1.807, 2.05) is 49.5 Å². The van der Waals surface area contributed by atoms with Crippen LogP contribution in [0, 0.1) is 0 Å². The topological polar surface area (TPSA) is 29.5 Å². The maximum Gasteiger partial charge on any atom is 0.192 e. The predicted molar refractivity (Wildman–Crippen MR) is 113 cm³/mol. The largest absolute Gasteiger partial charge is 0.497 e. The average molecular weight is 385 g/mol. The van der Waals surface area contributed by atoms with Crippen LogP contribution in [0.2, 0.25) is 0 Å². The van der Waals surface area contributed by atoms with E-state index >= 15 is 0 Å². The fraction of sp³-hybridized carbons (Fsp3) is 0.125. The fourth-order valence-electron chi connectivity index (χ4n) is 4.09. The number of para-hydroxylation sites is 1. The van der Waals surface area contributed by atoms with Crippen LogP contribution in [0.1, 0.15) is 27.4 Å². The number of carbonyl (C=O) groups excluding carboxylic acids is 1. The molecule has 0 N–H and O–H groups in total. The lowest BCUT2D eigenvalue weighted by atomic mass is 9.90. The zero-order valence-corrected chi connectivity index (χ0v) is 16.5. The molecule has 0 aromatic heterocycles. The predicted octanol–water partition coefficient (Wildman–Crippen LogP) is 5.48. The highest BCUT2D eigenvalue weighted by molar-refractivity contribution is 8.03. The molecule has 0 amide bonds. The molecule has 2 aliphatic rings. The number of thioether (sulfide) groups is 1. The van der Waals surface area contributed by atoms with Gasteiger partial charge in [0.1, 0.15) is 5.75 Å². The van der Waals surface area contributed by atoms with Gasteiger partial charge >= 0.3 is 0 Å². The van der Waals surface area contributed by atoms with Gasteiger partial charge in [0.15, 0.2) is 5.78 Å². The molecule has 28 heavy (non-hydrogen) atoms. The molecular weight excluding hydrogens is 366 g/mol. The van der Waals surface area contributed by atoms with Crippen LogP contribution in [0.15, 0.2) is 88.3 Å². The zero-order valence-electron chi connectivity index (χ0n) is 15.7. The van der Waals surface area contributed by atoms with Crippen LogP contribution in [0.3, 0.4) is 0 Å². The van der Waals surface area contributed by atoms with E-state index in [1.54, 1.807) is 18.9 Å². The van der Waals surface area contributed by atoms with Gasteiger partial charge in [-0.3, -0.25) is 4.79 Å². The summed E-state index contributed by atoms with van der Waals surface area (Å²) in [4.78, 5) is 16.8. The van der Waals surface area contributed by atoms with E-state index in [0.29, 0.717) is 0 Å². The van der Waals surface area contributed by atoms with Crippen molar-refractivity contribution in [3.63, 3.8) is 0 Å². The molecule has 1 aliphatic carbocycles. The number of benzene rings is 3. The van der Waals surface area contributed by atoms with Gasteiger partial charge in [-0.05, 0) is 35.4 Å². The number of Topliss-reactive ketones (excluding diaryl/α,β-unsaturated/α-hetero) is 1. The third-order valence-corrected chi connectivity index (χ3v) is 6.72. The lowest BCUT2D eigenvalue weighted by molar-refractivity contribution is 0.103. The highest BCUT2D eigenvalue weighted by Crippen LogP contribution is 2.52. The van der Waals surface area contributed by atoms with Gasteiger partial charge in [0.2, 0.25) is 0 Å². The van der Waals surface area contributed by atoms with Crippen molar-refractivity contribution in [3.8, 4) is 5.75 Å². The number of rotatable bonds is 2. The first-order valence-corrected chi connectivity index (χ1v) is 10.0. The summed E-state index contributed by atoms with van der Waals surface area (Å²) in [5, 5.41) is 1.02. The molecule has 1 atom stereocenters. The molecule has 3 nitrogen and oxygen atoms in total. The zero-order chi connectivity index (χ0) is 19.3. The average Bonchev–Trinajstić information content (AvgIpc) is 3.23. The highest BCUT2D eigenvalue weighted by atomic mass is 32.2. The summed E-state index contributed by atoms with van der Waals surface area (Å²) in [5.74, 6) is 0.864. The molecule has 0 saturated carbocycles. The fourth-order valence-corrected chi connectivity index (χ4v) is 5.31. The van der Waals surface area contributed by atoms with Gasteiger partial charge in [0, 0.05) is 29.0 Å². The minimum atomic E-state index is -0.0751. The van der Waals surface area contributed by atoms with Crippen LogP contribution in [-0.2, 0) is 0 Å². The SMILES string of the molecule is COc1ccc(C2/C(=C3/Sc4ccccc4N3C)C(=O)c3ccccc32)cc1. The Morgan fingerprint density at radius 1 is 0.929 bits per heavy atom. The summed E-state index contributed by atoms with van der Waals surface area (Å²) in [6, 6.07) is 24.3. The van der Waals surface area contributed by atoms with Crippen molar-refractivity contribution in [2.45, 2.75) is 10.8 Å². The van der Waals surface area contributed by atoms with Gasteiger partial charge in [0.05, 0.1) is 17.8 Å². The molecule has 4 heteroatoms. The van der Waals surface area contributed by atoms with E-state index in [4.69, 9.17) is 4.74 Å². The first kappa shape index (κ1) is 17.1. The number of ketones is 1. The highest BCUT2D eigenvalue weighted by Gasteiger charge is 2.40. The molecule has 138 valence electrons. The van der Waals surface area contributed by atoms with Crippen molar-refractivity contribution in [1.82, 2.24) is 0 Å². The normalized spacial score (nSPS) is 20.3. The Kier molecular flexibility index (Phi) is 4.02. The van der Waals surface area contributed by atoms with Gasteiger partial charge < -0.3 is 9.64 Å². The van der Waals surface area contributed by atoms with Crippen LogP contribution in [0.4, 0.5) is 5.69 Å². The Hall–Kier alpha value is -2.98. The number of allylic oxidation sites excluding steroid dienone is 1. The van der Waals surface area contributed by atoms with Gasteiger partial charge in [-0.15, -0.1) is 0 Å². The van der Waals surface area contributed by atoms with Gasteiger partial charge in [-0.2, -0.15) is 0 Å². The molecule has 1 unspecified atom stereocenters. The molecule has 5 rings (SSSR count). The molecule has 1 aliphatic heterocycles. The Balaban J connectivity index is 1.71. The number of ether oxygens (including phenoxy) is 1. The van der Waals surface area contributed by atoms with Crippen molar-refractivity contribution in [1.29, 1.82) is 0 Å². The third kappa shape index (κ3) is 2.49. The minimum absolute atomic E-state index is 0.0751. The first-order chi connectivity index (χ1) is 13.7. The lowest BCUT2D eigenvalue weighted by Gasteiger charge is -2.20. The Morgan fingerprint density at radius 3 is 2.39 bits per heavy atom. The summed E-state index contributed by atoms with van der Waals surface area (Å²) < 4.78 is 5.32. The van der Waals surface area contributed by atoms with Crippen LogP contribution in [0.5, 0.6) is 5.75 Å².